The first-order valence-electron chi connectivity index (χ1n) is 6.63. The molecule has 0 spiro atoms. The van der Waals surface area contributed by atoms with Gasteiger partial charge in [0.25, 0.3) is 5.91 Å². The number of hydrogen-bond donors (Lipinski definition) is 2. The molecular formula is C16H15ClN2O3S. The Morgan fingerprint density at radius 1 is 1.09 bits per heavy atom. The maximum absolute atomic E-state index is 12.1. The number of benzene rings is 2. The fourth-order valence-corrected chi connectivity index (χ4v) is 2.16. The van der Waals surface area contributed by atoms with Gasteiger partial charge in [0.05, 0.1) is 19.9 Å². The van der Waals surface area contributed by atoms with Crippen LogP contribution < -0.4 is 20.1 Å². The van der Waals surface area contributed by atoms with Gasteiger partial charge in [-0.1, -0.05) is 11.6 Å². The molecule has 0 aliphatic rings. The molecule has 5 nitrogen and oxygen atoms in total. The first-order valence-corrected chi connectivity index (χ1v) is 7.42. The zero-order valence-corrected chi connectivity index (χ0v) is 14.1. The predicted molar refractivity (Wildman–Crippen MR) is 94.7 cm³/mol. The van der Waals surface area contributed by atoms with Crippen molar-refractivity contribution in [3.8, 4) is 11.5 Å². The van der Waals surface area contributed by atoms with Gasteiger partial charge in [0, 0.05) is 16.7 Å². The van der Waals surface area contributed by atoms with Crippen LogP contribution in [0.4, 0.5) is 5.69 Å². The normalized spacial score (nSPS) is 9.87. The molecule has 0 aliphatic heterocycles. The molecule has 0 saturated heterocycles. The van der Waals surface area contributed by atoms with Gasteiger partial charge in [-0.05, 0) is 48.6 Å². The third-order valence-electron chi connectivity index (χ3n) is 2.99. The van der Waals surface area contributed by atoms with Crippen LogP contribution in [0.3, 0.4) is 0 Å². The van der Waals surface area contributed by atoms with E-state index < -0.39 is 0 Å². The Morgan fingerprint density at radius 2 is 1.78 bits per heavy atom. The Bertz CT molecular complexity index is 720. The lowest BCUT2D eigenvalue weighted by Gasteiger charge is -2.13. The van der Waals surface area contributed by atoms with Gasteiger partial charge >= 0.3 is 0 Å². The smallest absolute Gasteiger partial charge is 0.257 e. The molecule has 0 bridgehead atoms. The Balaban J connectivity index is 2.04. The van der Waals surface area contributed by atoms with Gasteiger partial charge < -0.3 is 14.8 Å². The molecule has 0 unspecified atom stereocenters. The molecule has 0 aliphatic carbocycles. The second-order valence-electron chi connectivity index (χ2n) is 4.48. The zero-order chi connectivity index (χ0) is 16.8. The monoisotopic (exact) mass is 350 g/mol. The molecule has 0 aromatic heterocycles. The van der Waals surface area contributed by atoms with E-state index >= 15 is 0 Å². The molecule has 0 atom stereocenters. The maximum atomic E-state index is 12.1. The number of nitrogens with one attached hydrogen (secondary N) is 2. The number of hydrogen-bond acceptors (Lipinski definition) is 4. The fraction of sp³-hybridized carbons (Fsp3) is 0.125. The summed E-state index contributed by atoms with van der Waals surface area (Å²) in [6.45, 7) is 0. The average molecular weight is 351 g/mol. The van der Waals surface area contributed by atoms with Crippen molar-refractivity contribution in [2.24, 2.45) is 0 Å². The quantitative estimate of drug-likeness (QED) is 0.827. The van der Waals surface area contributed by atoms with Crippen LogP contribution in [0.2, 0.25) is 5.02 Å². The molecular weight excluding hydrogens is 336 g/mol. The highest BCUT2D eigenvalue weighted by Gasteiger charge is 2.10. The molecule has 7 heteroatoms. The summed E-state index contributed by atoms with van der Waals surface area (Å²) >= 11 is 10.9. The third-order valence-corrected chi connectivity index (χ3v) is 3.45. The third kappa shape index (κ3) is 4.58. The van der Waals surface area contributed by atoms with Gasteiger partial charge in [0.2, 0.25) is 0 Å². The minimum atomic E-state index is -0.327. The highest BCUT2D eigenvalue weighted by molar-refractivity contribution is 7.80. The van der Waals surface area contributed by atoms with Gasteiger partial charge in [0.15, 0.2) is 5.11 Å². The summed E-state index contributed by atoms with van der Waals surface area (Å²) < 4.78 is 10.4. The second kappa shape index (κ2) is 7.80. The van der Waals surface area contributed by atoms with E-state index in [9.17, 15) is 4.79 Å². The number of anilines is 1. The zero-order valence-electron chi connectivity index (χ0n) is 12.6. The largest absolute Gasteiger partial charge is 0.497 e. The first kappa shape index (κ1) is 17.1. The SMILES string of the molecule is COc1ccc(NC(=S)NC(=O)c2ccc(Cl)cc2)c(OC)c1. The van der Waals surface area contributed by atoms with Crippen LogP contribution in [0.5, 0.6) is 11.5 Å². The molecule has 2 rings (SSSR count). The molecule has 1 amide bonds. The van der Waals surface area contributed by atoms with E-state index in [0.717, 1.165) is 0 Å². The van der Waals surface area contributed by atoms with Crippen molar-refractivity contribution in [2.45, 2.75) is 0 Å². The fourth-order valence-electron chi connectivity index (χ4n) is 1.83. The number of methoxy groups -OCH3 is 2. The summed E-state index contributed by atoms with van der Waals surface area (Å²) in [6, 6.07) is 11.7. The van der Waals surface area contributed by atoms with Gasteiger partial charge in [-0.2, -0.15) is 0 Å². The van der Waals surface area contributed by atoms with Crippen molar-refractivity contribution in [1.82, 2.24) is 5.32 Å². The number of carbonyl (C=O) groups is 1. The lowest BCUT2D eigenvalue weighted by atomic mass is 10.2. The van der Waals surface area contributed by atoms with E-state index in [1.165, 1.54) is 7.11 Å². The summed E-state index contributed by atoms with van der Waals surface area (Å²) in [4.78, 5) is 12.1. The van der Waals surface area contributed by atoms with E-state index in [1.54, 1.807) is 49.6 Å². The van der Waals surface area contributed by atoms with Gasteiger partial charge in [-0.15, -0.1) is 0 Å². The summed E-state index contributed by atoms with van der Waals surface area (Å²) in [5.41, 5.74) is 1.08. The van der Waals surface area contributed by atoms with Crippen molar-refractivity contribution in [3.63, 3.8) is 0 Å². The van der Waals surface area contributed by atoms with Crippen molar-refractivity contribution < 1.29 is 14.3 Å². The maximum Gasteiger partial charge on any atom is 0.257 e. The van der Waals surface area contributed by atoms with Crippen LogP contribution in [-0.2, 0) is 0 Å². The highest BCUT2D eigenvalue weighted by Crippen LogP contribution is 2.28. The van der Waals surface area contributed by atoms with Crippen LogP contribution >= 0.6 is 23.8 Å². The Kier molecular flexibility index (Phi) is 5.78. The number of carbonyl (C=O) groups excluding carboxylic acids is 1. The van der Waals surface area contributed by atoms with Crippen molar-refractivity contribution in [1.29, 1.82) is 0 Å². The number of rotatable bonds is 4. The summed E-state index contributed by atoms with van der Waals surface area (Å²) in [7, 11) is 3.11. The van der Waals surface area contributed by atoms with E-state index in [2.05, 4.69) is 10.6 Å². The van der Waals surface area contributed by atoms with E-state index in [4.69, 9.17) is 33.3 Å². The molecule has 0 radical (unpaired) electrons. The minimum Gasteiger partial charge on any atom is -0.497 e. The standard InChI is InChI=1S/C16H15ClN2O3S/c1-21-12-7-8-13(14(9-12)22-2)18-16(23)19-15(20)10-3-5-11(17)6-4-10/h3-9H,1-2H3,(H2,18,19,20,23). The lowest BCUT2D eigenvalue weighted by molar-refractivity contribution is 0.0977. The first-order chi connectivity index (χ1) is 11.0. The lowest BCUT2D eigenvalue weighted by Crippen LogP contribution is -2.34. The molecule has 0 saturated carbocycles. The van der Waals surface area contributed by atoms with Gasteiger partial charge in [0.1, 0.15) is 11.5 Å². The Morgan fingerprint density at radius 3 is 2.39 bits per heavy atom. The van der Waals surface area contributed by atoms with Crippen molar-refractivity contribution in [2.75, 3.05) is 19.5 Å². The van der Waals surface area contributed by atoms with E-state index in [-0.39, 0.29) is 11.0 Å². The molecule has 23 heavy (non-hydrogen) atoms. The Labute approximate surface area is 144 Å². The number of ether oxygens (including phenoxy) is 2. The van der Waals surface area contributed by atoms with Crippen LogP contribution in [0, 0.1) is 0 Å². The van der Waals surface area contributed by atoms with Crippen LogP contribution in [0.25, 0.3) is 0 Å². The summed E-state index contributed by atoms with van der Waals surface area (Å²) in [5, 5.41) is 6.23. The topological polar surface area (TPSA) is 59.6 Å². The number of amides is 1. The summed E-state index contributed by atoms with van der Waals surface area (Å²) in [6.07, 6.45) is 0. The summed E-state index contributed by atoms with van der Waals surface area (Å²) in [5.74, 6) is 0.877. The molecule has 120 valence electrons. The minimum absolute atomic E-state index is 0.161. The number of thiocarbonyl (C=S) groups is 1. The van der Waals surface area contributed by atoms with Gasteiger partial charge in [-0.25, -0.2) is 0 Å². The average Bonchev–Trinajstić information content (AvgIpc) is 2.55. The van der Waals surface area contributed by atoms with Crippen LogP contribution in [0.15, 0.2) is 42.5 Å². The number of halogens is 1. The Hall–Kier alpha value is -2.31. The molecule has 2 aromatic rings. The van der Waals surface area contributed by atoms with E-state index in [1.807, 2.05) is 0 Å². The van der Waals surface area contributed by atoms with Crippen molar-refractivity contribution >= 4 is 40.5 Å². The van der Waals surface area contributed by atoms with Gasteiger partial charge in [-0.3, -0.25) is 10.1 Å². The van der Waals surface area contributed by atoms with Crippen LogP contribution in [-0.4, -0.2) is 25.2 Å². The van der Waals surface area contributed by atoms with Crippen molar-refractivity contribution in [3.05, 3.63) is 53.1 Å². The van der Waals surface area contributed by atoms with Crippen LogP contribution in [0.1, 0.15) is 10.4 Å². The molecule has 0 heterocycles. The second-order valence-corrected chi connectivity index (χ2v) is 5.33. The highest BCUT2D eigenvalue weighted by atomic mass is 35.5. The molecule has 0 fully saturated rings. The van der Waals surface area contributed by atoms with E-state index in [0.29, 0.717) is 27.8 Å². The predicted octanol–water partition coefficient (Wildman–Crippen LogP) is 3.48. The molecule has 2 aromatic carbocycles. The molecule has 2 N–H and O–H groups in total.